The number of fused-ring (bicyclic) bond motifs is 1. The number of likely N-dealkylation sites (N-methyl/N-ethyl adjacent to an activating group) is 3. The molecular weight excluding hydrogens is 1790 g/mol. The lowest BCUT2D eigenvalue weighted by molar-refractivity contribution is -0.135. The number of thiophene rings is 2. The topological polar surface area (TPSA) is 433 Å². The van der Waals surface area contributed by atoms with Crippen LogP contribution in [0.4, 0.5) is 33.7 Å². The number of alkyl halides is 4. The molecule has 36 heteroatoms. The number of benzene rings is 7. The molecule has 7 aromatic carbocycles. The van der Waals surface area contributed by atoms with Gasteiger partial charge in [-0.3, -0.25) is 57.7 Å². The Kier molecular flexibility index (Phi) is 27.7. The molecule has 7 atom stereocenters. The number of imidazole rings is 1. The van der Waals surface area contributed by atoms with Gasteiger partial charge in [-0.2, -0.15) is 10.5 Å². The quantitative estimate of drug-likeness (QED) is 0.0416. The lowest BCUT2D eigenvalue weighted by Gasteiger charge is -2.40. The number of guanidine groups is 5. The third kappa shape index (κ3) is 19.3. The summed E-state index contributed by atoms with van der Waals surface area (Å²) in [6.07, 6.45) is 6.14. The van der Waals surface area contributed by atoms with E-state index in [1.807, 2.05) is 150 Å². The predicted molar refractivity (Wildman–Crippen MR) is 515 cm³/mol. The van der Waals surface area contributed by atoms with E-state index in [9.17, 15) is 51.1 Å². The minimum Gasteiger partial charge on any atom is -0.472 e. The molecule has 30 nitrogen and oxygen atoms in total. The number of para-hydroxylation sites is 1. The Bertz CT molecular complexity index is 6590. The Balaban J connectivity index is 0.000000130. The number of pyridine rings is 1. The number of carbonyl (C=O) groups is 7. The zero-order valence-electron chi connectivity index (χ0n) is 75.6. The fourth-order valence-corrected chi connectivity index (χ4v) is 19.5. The summed E-state index contributed by atoms with van der Waals surface area (Å²) in [5, 5.41) is 23.8. The molecule has 137 heavy (non-hydrogen) atoms. The summed E-state index contributed by atoms with van der Waals surface area (Å²) in [7, 11) is 6.28. The normalized spacial score (nSPS) is 21.7. The van der Waals surface area contributed by atoms with Crippen LogP contribution >= 0.6 is 22.7 Å². The van der Waals surface area contributed by atoms with Gasteiger partial charge in [0, 0.05) is 97.8 Å². The first-order chi connectivity index (χ1) is 65.6. The molecule has 12 N–H and O–H groups in total. The van der Waals surface area contributed by atoms with Gasteiger partial charge >= 0.3 is 6.03 Å². The van der Waals surface area contributed by atoms with Crippen molar-refractivity contribution in [3.8, 4) is 23.4 Å². The van der Waals surface area contributed by atoms with Crippen LogP contribution in [-0.2, 0) is 56.5 Å². The first kappa shape index (κ1) is 95.7. The number of nitrogens with two attached hydrogens (primary N) is 5. The number of carbonyl (C=O) groups excluding carboxylic acids is 7. The van der Waals surface area contributed by atoms with Gasteiger partial charge in [-0.1, -0.05) is 176 Å². The number of hydrogen-bond acceptors (Lipinski definition) is 23. The summed E-state index contributed by atoms with van der Waals surface area (Å²) < 4.78 is 58.5. The standard InChI is InChI=1S/C25H28N4O2.C23H21N5O2.2C18H16F2N4OS.C17H17N5O2/c26-24-27-25(20-9-3-1-4-10-20,21-11-5-2-6-12-21)23(31)29(24)17-18-8-7-15-28(16-18)22(30)19-13-14-19;1-28-20(29)23(27-21(28)24,16-9-4-2-5-10-16)17-11-8-14-19(15-17)26-22(30)25-18-12-6-3-7-13-18;2*1-18(13-8-7-12(9-21)26-13)14(16(25)24(2)17(22)23-18)10-3-5-11(6-4-10)15(19)20;1-17(7-15(23)21(2)16(18)20-17)12-3-4-14-19-8-13(22(14)9-12)11-5-6-24-10-11/h1-6,9-12,18-19H,7-8,13-17H2,(H2,26,27);2-15H,1H3,(H2,24,27)(H2,25,26,30);2*3-8,14-15H,1-2H3,(H2,22,23);3-6,8-10H,7H2,1-2H3,(H2,18,20)/t18-;;14-,18+;14-,18-;17-/m0.010/s1. The number of anilines is 2. The van der Waals surface area contributed by atoms with Gasteiger partial charge in [0.15, 0.2) is 40.9 Å². The summed E-state index contributed by atoms with van der Waals surface area (Å²) in [5.41, 5.74) is 33.5. The Hall–Kier alpha value is -16.0. The minimum atomic E-state index is -2.58. The monoisotopic (exact) mass is 1890 g/mol. The maximum Gasteiger partial charge on any atom is 0.323 e. The number of nitrogens with zero attached hydrogens (tertiary/aromatic N) is 15. The van der Waals surface area contributed by atoms with Crippen LogP contribution in [0.1, 0.15) is 147 Å². The molecule has 1 aliphatic carbocycles. The van der Waals surface area contributed by atoms with E-state index in [1.54, 1.807) is 112 Å². The van der Waals surface area contributed by atoms with E-state index in [0.717, 1.165) is 65.8 Å². The third-order valence-corrected chi connectivity index (χ3v) is 27.8. The molecule has 1 saturated heterocycles. The lowest BCUT2D eigenvalue weighted by Crippen LogP contribution is -2.52. The van der Waals surface area contributed by atoms with Gasteiger partial charge in [0.1, 0.15) is 38.6 Å². The molecule has 1 unspecified atom stereocenters. The third-order valence-electron chi connectivity index (χ3n) is 25.3. The van der Waals surface area contributed by atoms with Crippen molar-refractivity contribution in [2.75, 3.05) is 58.5 Å². The fraction of sp³-hybridized carbons (Fsp3) is 0.257. The number of urea groups is 1. The van der Waals surface area contributed by atoms with Gasteiger partial charge in [0.25, 0.3) is 24.7 Å². The van der Waals surface area contributed by atoms with Crippen LogP contribution in [0.3, 0.4) is 0 Å². The summed E-state index contributed by atoms with van der Waals surface area (Å²) in [4.78, 5) is 129. The zero-order valence-corrected chi connectivity index (χ0v) is 77.3. The number of halogens is 4. The van der Waals surface area contributed by atoms with E-state index in [2.05, 4.69) is 47.7 Å². The predicted octanol–water partition coefficient (Wildman–Crippen LogP) is 14.8. The van der Waals surface area contributed by atoms with Crippen LogP contribution < -0.4 is 39.3 Å². The van der Waals surface area contributed by atoms with E-state index >= 15 is 0 Å². The number of amides is 8. The van der Waals surface area contributed by atoms with Crippen LogP contribution in [0.15, 0.2) is 291 Å². The number of aliphatic imine (C=N–C) groups is 5. The van der Waals surface area contributed by atoms with Crippen molar-refractivity contribution in [1.82, 2.24) is 38.8 Å². The smallest absolute Gasteiger partial charge is 0.323 e. The van der Waals surface area contributed by atoms with Crippen molar-refractivity contribution in [2.45, 2.75) is 105 Å². The van der Waals surface area contributed by atoms with Crippen LogP contribution in [0.5, 0.6) is 0 Å². The largest absolute Gasteiger partial charge is 0.472 e. The molecule has 7 aliphatic rings. The molecule has 6 aliphatic heterocycles. The molecule has 12 aromatic rings. The van der Waals surface area contributed by atoms with E-state index in [4.69, 9.17) is 48.6 Å². The number of nitrogens with one attached hydrogen (secondary N) is 2. The molecule has 2 fully saturated rings. The van der Waals surface area contributed by atoms with E-state index in [-0.39, 0.29) is 101 Å². The van der Waals surface area contributed by atoms with Crippen molar-refractivity contribution in [1.29, 1.82) is 10.5 Å². The van der Waals surface area contributed by atoms with Crippen LogP contribution in [0.2, 0.25) is 0 Å². The summed E-state index contributed by atoms with van der Waals surface area (Å²) >= 11 is 2.47. The Morgan fingerprint density at radius 1 is 0.518 bits per heavy atom. The number of piperidine rings is 1. The Labute approximate surface area is 794 Å². The first-order valence-electron chi connectivity index (χ1n) is 43.8. The van der Waals surface area contributed by atoms with E-state index < -0.39 is 52.4 Å². The number of rotatable bonds is 17. The first-order valence-corrected chi connectivity index (χ1v) is 45.4. The van der Waals surface area contributed by atoms with Crippen molar-refractivity contribution in [2.24, 2.45) is 65.5 Å². The van der Waals surface area contributed by atoms with Gasteiger partial charge in [-0.05, 0) is 152 Å². The van der Waals surface area contributed by atoms with Crippen LogP contribution in [0, 0.1) is 34.5 Å². The average Bonchev–Trinajstić information content (AvgIpc) is 1.69. The highest BCUT2D eigenvalue weighted by Gasteiger charge is 2.54. The maximum absolute atomic E-state index is 13.9. The molecule has 0 radical (unpaired) electrons. The van der Waals surface area contributed by atoms with Crippen LogP contribution in [-0.4, -0.2) is 158 Å². The highest BCUT2D eigenvalue weighted by molar-refractivity contribution is 7.13. The highest BCUT2D eigenvalue weighted by Crippen LogP contribution is 2.50. The highest BCUT2D eigenvalue weighted by atomic mass is 32.1. The molecule has 0 bridgehead atoms. The zero-order chi connectivity index (χ0) is 97.6. The lowest BCUT2D eigenvalue weighted by atomic mass is 9.77. The van der Waals surface area contributed by atoms with Gasteiger partial charge < -0.3 is 48.6 Å². The molecule has 8 amide bonds. The fourth-order valence-electron chi connectivity index (χ4n) is 17.6. The minimum absolute atomic E-state index is 0.0502. The Morgan fingerprint density at radius 3 is 1.46 bits per heavy atom. The van der Waals surface area contributed by atoms with Gasteiger partial charge in [-0.25, -0.2) is 52.3 Å². The van der Waals surface area contributed by atoms with Crippen LogP contribution in [0.25, 0.3) is 16.9 Å². The summed E-state index contributed by atoms with van der Waals surface area (Å²) in [6.45, 7) is 7.45. The molecule has 0 spiro atoms. The van der Waals surface area contributed by atoms with Crippen molar-refractivity contribution < 1.29 is 55.5 Å². The summed E-state index contributed by atoms with van der Waals surface area (Å²) in [5.74, 6) is -0.976. The molecule has 19 rings (SSSR count). The average molecular weight is 1890 g/mol. The van der Waals surface area contributed by atoms with Gasteiger partial charge in [-0.15, -0.1) is 22.7 Å². The molecular formula is C101H98F4N22O8S2. The van der Waals surface area contributed by atoms with Crippen molar-refractivity contribution in [3.63, 3.8) is 0 Å². The SMILES string of the molecule is CN1C(=O)C(c2ccccc2)(c2cccc(NC(=O)Nc3ccccc3)c2)N=C1N.CN1C(=O)C[C@@](C)(c2ccc3ncc(-c4ccoc4)n3c2)N=C1N.CN1C(=O)[C@@H](c2ccc(C(F)F)cc2)[C@@](C)(c2ccc(C#N)s2)N=C1N.CN1C(=O)[C@H](c2ccc(C(F)F)cc2)[C@@](C)(c2ccc(C#N)s2)N=C1N.NC1=NC(c2ccccc2)(c2ccccc2)C(=O)N1C[C@H]1CCCN(C(=O)C2CC2)C1. The van der Waals surface area contributed by atoms with Crippen molar-refractivity contribution in [3.05, 3.63) is 331 Å². The number of hydrogen-bond donors (Lipinski definition) is 7. The second-order valence-corrected chi connectivity index (χ2v) is 36.6. The van der Waals surface area contributed by atoms with Gasteiger partial charge in [0.05, 0.1) is 48.2 Å². The molecule has 11 heterocycles. The molecule has 5 aromatic heterocycles. The molecule has 700 valence electrons. The van der Waals surface area contributed by atoms with E-state index in [0.29, 0.717) is 66.2 Å². The second-order valence-electron chi connectivity index (χ2n) is 34.4. The van der Waals surface area contributed by atoms with Crippen molar-refractivity contribution >= 4 is 111 Å². The van der Waals surface area contributed by atoms with Gasteiger partial charge in [0.2, 0.25) is 23.6 Å². The number of nitriles is 2. The summed E-state index contributed by atoms with van der Waals surface area (Å²) in [6, 6.07) is 72.4. The maximum atomic E-state index is 13.9. The number of aromatic nitrogens is 2. The van der Waals surface area contributed by atoms with E-state index in [1.165, 1.54) is 105 Å². The molecule has 1 saturated carbocycles. The number of likely N-dealkylation sites (tertiary alicyclic amines) is 1. The number of furan rings is 1. The second kappa shape index (κ2) is 39.7. The Morgan fingerprint density at radius 2 is 0.993 bits per heavy atom.